The van der Waals surface area contributed by atoms with Crippen LogP contribution in [0.15, 0.2) is 36.8 Å². The van der Waals surface area contributed by atoms with Crippen LogP contribution in [0.3, 0.4) is 0 Å². The van der Waals surface area contributed by atoms with Gasteiger partial charge in [-0.25, -0.2) is 9.37 Å². The average Bonchev–Trinajstić information content (AvgIpc) is 3.18. The molecule has 0 spiro atoms. The maximum absolute atomic E-state index is 14.4. The van der Waals surface area contributed by atoms with Crippen LogP contribution in [0.25, 0.3) is 5.69 Å². The largest absolute Gasteiger partial charge is 0.348 e. The van der Waals surface area contributed by atoms with Gasteiger partial charge >= 0.3 is 0 Å². The molecule has 2 aromatic heterocycles. The summed E-state index contributed by atoms with van der Waals surface area (Å²) in [5.41, 5.74) is 2.55. The number of amides is 1. The first-order valence-corrected chi connectivity index (χ1v) is 8.09. The normalized spacial score (nSPS) is 10.9. The molecule has 0 atom stereocenters. The van der Waals surface area contributed by atoms with Crippen molar-refractivity contribution in [3.05, 3.63) is 65.3 Å². The van der Waals surface area contributed by atoms with Crippen molar-refractivity contribution < 1.29 is 9.18 Å². The smallest absolute Gasteiger partial charge is 0.255 e. The Morgan fingerprint density at radius 3 is 2.80 bits per heavy atom. The van der Waals surface area contributed by atoms with Gasteiger partial charge in [-0.15, -0.1) is 0 Å². The Morgan fingerprint density at radius 2 is 2.16 bits per heavy atom. The van der Waals surface area contributed by atoms with Crippen LogP contribution in [0, 0.1) is 12.7 Å². The molecule has 0 bridgehead atoms. The molecule has 3 rings (SSSR count). The number of carbonyl (C=O) groups is 1. The Labute approximate surface area is 145 Å². The van der Waals surface area contributed by atoms with E-state index in [0.717, 1.165) is 5.69 Å². The number of benzene rings is 1. The van der Waals surface area contributed by atoms with Crippen molar-refractivity contribution in [2.24, 2.45) is 7.05 Å². The van der Waals surface area contributed by atoms with Crippen LogP contribution in [0.5, 0.6) is 0 Å². The monoisotopic (exact) mass is 341 g/mol. The minimum atomic E-state index is -0.358. The molecular formula is C18H20FN5O. The third kappa shape index (κ3) is 3.31. The number of halogens is 1. The van der Waals surface area contributed by atoms with Crippen molar-refractivity contribution in [3.63, 3.8) is 0 Å². The minimum Gasteiger partial charge on any atom is -0.348 e. The molecule has 0 saturated carbocycles. The van der Waals surface area contributed by atoms with Crippen LogP contribution in [-0.4, -0.2) is 25.2 Å². The van der Waals surface area contributed by atoms with Crippen LogP contribution in [0.4, 0.5) is 4.39 Å². The van der Waals surface area contributed by atoms with Crippen molar-refractivity contribution in [2.45, 2.75) is 26.8 Å². The number of imidazole rings is 1. The topological polar surface area (TPSA) is 64.7 Å². The van der Waals surface area contributed by atoms with Crippen molar-refractivity contribution in [1.82, 2.24) is 24.6 Å². The second-order valence-electron chi connectivity index (χ2n) is 5.79. The Hall–Kier alpha value is -2.96. The molecule has 0 aliphatic heterocycles. The SMILES string of the molecule is CCc1c(C(=O)NCc2ccc(-n3ccnc3C)c(F)c2)cnn1C. The summed E-state index contributed by atoms with van der Waals surface area (Å²) in [7, 11) is 1.81. The minimum absolute atomic E-state index is 0.208. The lowest BCUT2D eigenvalue weighted by Crippen LogP contribution is -2.23. The van der Waals surface area contributed by atoms with Gasteiger partial charge in [0.25, 0.3) is 5.91 Å². The molecule has 1 amide bonds. The van der Waals surface area contributed by atoms with Gasteiger partial charge in [-0.1, -0.05) is 13.0 Å². The summed E-state index contributed by atoms with van der Waals surface area (Å²) in [5.74, 6) is 0.145. The summed E-state index contributed by atoms with van der Waals surface area (Å²) < 4.78 is 17.8. The van der Waals surface area contributed by atoms with Crippen LogP contribution < -0.4 is 5.32 Å². The van der Waals surface area contributed by atoms with E-state index in [2.05, 4.69) is 15.4 Å². The third-order valence-corrected chi connectivity index (χ3v) is 4.19. The number of nitrogens with zero attached hydrogens (tertiary/aromatic N) is 4. The highest BCUT2D eigenvalue weighted by Crippen LogP contribution is 2.17. The molecule has 0 saturated heterocycles. The first-order valence-electron chi connectivity index (χ1n) is 8.09. The van der Waals surface area contributed by atoms with Crippen molar-refractivity contribution >= 4 is 5.91 Å². The first-order chi connectivity index (χ1) is 12.0. The van der Waals surface area contributed by atoms with E-state index in [1.54, 1.807) is 40.0 Å². The van der Waals surface area contributed by atoms with E-state index in [9.17, 15) is 9.18 Å². The Kier molecular flexibility index (Phi) is 4.65. The van der Waals surface area contributed by atoms with Gasteiger partial charge in [0, 0.05) is 26.0 Å². The highest BCUT2D eigenvalue weighted by molar-refractivity contribution is 5.95. The molecular weight excluding hydrogens is 321 g/mol. The summed E-state index contributed by atoms with van der Waals surface area (Å²) >= 11 is 0. The van der Waals surface area contributed by atoms with E-state index in [1.165, 1.54) is 6.07 Å². The van der Waals surface area contributed by atoms with Crippen LogP contribution in [0.2, 0.25) is 0 Å². The fourth-order valence-electron chi connectivity index (χ4n) is 2.84. The second-order valence-corrected chi connectivity index (χ2v) is 5.79. The van der Waals surface area contributed by atoms with Crippen LogP contribution in [-0.2, 0) is 20.0 Å². The molecule has 1 N–H and O–H groups in total. The zero-order valence-corrected chi connectivity index (χ0v) is 14.5. The van der Waals surface area contributed by atoms with Gasteiger partial charge in [-0.3, -0.25) is 9.48 Å². The number of rotatable bonds is 5. The van der Waals surface area contributed by atoms with Gasteiger partial charge in [0.1, 0.15) is 11.6 Å². The predicted octanol–water partition coefficient (Wildman–Crippen LogP) is 2.55. The van der Waals surface area contributed by atoms with Gasteiger partial charge in [0.15, 0.2) is 0 Å². The van der Waals surface area contributed by atoms with Crippen LogP contribution >= 0.6 is 0 Å². The zero-order chi connectivity index (χ0) is 18.0. The standard InChI is InChI=1S/C18H20FN5O/c1-4-16-14(11-22-23(16)3)18(25)21-10-13-5-6-17(15(19)9-13)24-8-7-20-12(24)2/h5-9,11H,4,10H2,1-3H3,(H,21,25). The summed E-state index contributed by atoms with van der Waals surface area (Å²) in [4.78, 5) is 16.4. The van der Waals surface area contributed by atoms with Gasteiger partial charge in [-0.05, 0) is 31.0 Å². The molecule has 0 unspecified atom stereocenters. The van der Waals surface area contributed by atoms with Crippen molar-refractivity contribution in [3.8, 4) is 5.69 Å². The van der Waals surface area contributed by atoms with E-state index < -0.39 is 0 Å². The lowest BCUT2D eigenvalue weighted by molar-refractivity contribution is 0.0950. The summed E-state index contributed by atoms with van der Waals surface area (Å²) in [6, 6.07) is 4.91. The van der Waals surface area contributed by atoms with E-state index in [-0.39, 0.29) is 18.3 Å². The summed E-state index contributed by atoms with van der Waals surface area (Å²) in [6.45, 7) is 4.03. The van der Waals surface area contributed by atoms with Gasteiger partial charge in [0.2, 0.25) is 0 Å². The lowest BCUT2D eigenvalue weighted by atomic mass is 10.1. The maximum Gasteiger partial charge on any atom is 0.255 e. The zero-order valence-electron chi connectivity index (χ0n) is 14.5. The summed E-state index contributed by atoms with van der Waals surface area (Å²) in [6.07, 6.45) is 5.61. The van der Waals surface area contributed by atoms with Crippen molar-refractivity contribution in [2.75, 3.05) is 0 Å². The number of aryl methyl sites for hydroxylation is 2. The fraction of sp³-hybridized carbons (Fsp3) is 0.278. The second kappa shape index (κ2) is 6.88. The number of hydrogen-bond donors (Lipinski definition) is 1. The molecule has 0 fully saturated rings. The number of hydrogen-bond acceptors (Lipinski definition) is 3. The number of carbonyl (C=O) groups excluding carboxylic acids is 1. The predicted molar refractivity (Wildman–Crippen MR) is 92.0 cm³/mol. The third-order valence-electron chi connectivity index (χ3n) is 4.19. The van der Waals surface area contributed by atoms with E-state index in [4.69, 9.17) is 0 Å². The Balaban J connectivity index is 1.73. The Morgan fingerprint density at radius 1 is 1.36 bits per heavy atom. The summed E-state index contributed by atoms with van der Waals surface area (Å²) in [5, 5.41) is 6.93. The quantitative estimate of drug-likeness (QED) is 0.776. The fourth-order valence-corrected chi connectivity index (χ4v) is 2.84. The Bertz CT molecular complexity index is 912. The molecule has 2 heterocycles. The average molecular weight is 341 g/mol. The van der Waals surface area contributed by atoms with E-state index in [0.29, 0.717) is 29.1 Å². The van der Waals surface area contributed by atoms with E-state index >= 15 is 0 Å². The number of nitrogens with one attached hydrogen (secondary N) is 1. The van der Waals surface area contributed by atoms with Gasteiger partial charge in [0.05, 0.1) is 23.1 Å². The van der Waals surface area contributed by atoms with Gasteiger partial charge in [-0.2, -0.15) is 5.10 Å². The molecule has 0 aliphatic carbocycles. The van der Waals surface area contributed by atoms with Gasteiger partial charge < -0.3 is 9.88 Å². The molecule has 0 aliphatic rings. The molecule has 3 aromatic rings. The number of aromatic nitrogens is 4. The lowest BCUT2D eigenvalue weighted by Gasteiger charge is -2.10. The maximum atomic E-state index is 14.4. The van der Waals surface area contributed by atoms with Crippen LogP contribution in [0.1, 0.15) is 34.4 Å². The molecule has 7 heteroatoms. The molecule has 6 nitrogen and oxygen atoms in total. The molecule has 0 radical (unpaired) electrons. The highest BCUT2D eigenvalue weighted by Gasteiger charge is 2.15. The van der Waals surface area contributed by atoms with E-state index in [1.807, 2.05) is 20.9 Å². The highest BCUT2D eigenvalue weighted by atomic mass is 19.1. The molecule has 130 valence electrons. The first kappa shape index (κ1) is 16.9. The van der Waals surface area contributed by atoms with Crippen molar-refractivity contribution in [1.29, 1.82) is 0 Å². The molecule has 1 aromatic carbocycles. The molecule has 25 heavy (non-hydrogen) atoms.